The fourth-order valence-electron chi connectivity index (χ4n) is 2.73. The maximum atomic E-state index is 12.6. The van der Waals surface area contributed by atoms with E-state index in [1.54, 1.807) is 0 Å². The zero-order valence-corrected chi connectivity index (χ0v) is 13.1. The molecule has 0 bridgehead atoms. The second-order valence-corrected chi connectivity index (χ2v) is 5.92. The molecular formula is C17H26N2O. The molecule has 0 radical (unpaired) electrons. The molecule has 0 aliphatic heterocycles. The number of likely N-dealkylation sites (N-methyl/N-ethyl adjacent to an activating group) is 2. The van der Waals surface area contributed by atoms with Crippen LogP contribution in [-0.2, 0) is 4.79 Å². The smallest absolute Gasteiger partial charge is 0.241 e. The summed E-state index contributed by atoms with van der Waals surface area (Å²) in [6, 6.07) is 8.60. The summed E-state index contributed by atoms with van der Waals surface area (Å²) in [5.41, 5.74) is 2.19. The van der Waals surface area contributed by atoms with E-state index >= 15 is 0 Å². The van der Waals surface area contributed by atoms with E-state index in [4.69, 9.17) is 0 Å². The van der Waals surface area contributed by atoms with Gasteiger partial charge in [-0.3, -0.25) is 9.69 Å². The van der Waals surface area contributed by atoms with Crippen molar-refractivity contribution in [3.8, 4) is 0 Å². The fourth-order valence-corrected chi connectivity index (χ4v) is 2.73. The summed E-state index contributed by atoms with van der Waals surface area (Å²) < 4.78 is 0. The lowest BCUT2D eigenvalue weighted by molar-refractivity contribution is -0.119. The number of carbonyl (C=O) groups is 1. The molecule has 110 valence electrons. The number of nitrogens with zero attached hydrogens (tertiary/aromatic N) is 2. The van der Waals surface area contributed by atoms with Gasteiger partial charge < -0.3 is 4.90 Å². The zero-order chi connectivity index (χ0) is 14.7. The Morgan fingerprint density at radius 1 is 1.35 bits per heavy atom. The maximum absolute atomic E-state index is 12.6. The van der Waals surface area contributed by atoms with Crippen LogP contribution in [0.25, 0.3) is 0 Å². The van der Waals surface area contributed by atoms with Crippen LogP contribution in [0.4, 0.5) is 5.69 Å². The Labute approximate surface area is 122 Å². The molecule has 1 fully saturated rings. The van der Waals surface area contributed by atoms with Crippen LogP contribution in [0.15, 0.2) is 24.3 Å². The molecule has 2 rings (SSSR count). The summed E-state index contributed by atoms with van der Waals surface area (Å²) in [4.78, 5) is 16.7. The van der Waals surface area contributed by atoms with Crippen LogP contribution < -0.4 is 4.90 Å². The molecular weight excluding hydrogens is 248 g/mol. The molecule has 1 saturated carbocycles. The lowest BCUT2D eigenvalue weighted by Gasteiger charge is -2.28. The van der Waals surface area contributed by atoms with Gasteiger partial charge >= 0.3 is 0 Å². The molecule has 20 heavy (non-hydrogen) atoms. The Morgan fingerprint density at radius 3 is 2.55 bits per heavy atom. The second-order valence-electron chi connectivity index (χ2n) is 5.92. The van der Waals surface area contributed by atoms with Crippen LogP contribution in [0.3, 0.4) is 0 Å². The molecule has 1 atom stereocenters. The van der Waals surface area contributed by atoms with Crippen LogP contribution in [0.5, 0.6) is 0 Å². The third kappa shape index (κ3) is 3.40. The summed E-state index contributed by atoms with van der Waals surface area (Å²) in [6.45, 7) is 7.54. The van der Waals surface area contributed by atoms with Crippen molar-refractivity contribution in [3.63, 3.8) is 0 Å². The second kappa shape index (κ2) is 6.40. The normalized spacial score (nSPS) is 16.2. The zero-order valence-electron chi connectivity index (χ0n) is 13.1. The van der Waals surface area contributed by atoms with Crippen molar-refractivity contribution in [2.45, 2.75) is 39.7 Å². The Bertz CT molecular complexity index is 468. The van der Waals surface area contributed by atoms with E-state index in [9.17, 15) is 4.79 Å². The molecule has 0 heterocycles. The van der Waals surface area contributed by atoms with Crippen LogP contribution in [0.1, 0.15) is 32.3 Å². The standard InChI is InChI=1S/C17H26N2O/c1-5-19(16-9-7-6-8-13(16)2)17(20)12-18(4)14(3)15-10-11-15/h6-9,14-15H,5,10-12H2,1-4H3. The molecule has 0 spiro atoms. The summed E-state index contributed by atoms with van der Waals surface area (Å²) in [6.07, 6.45) is 2.63. The molecule has 1 aromatic carbocycles. The van der Waals surface area contributed by atoms with Crippen molar-refractivity contribution in [2.75, 3.05) is 25.0 Å². The van der Waals surface area contributed by atoms with E-state index in [1.807, 2.05) is 30.0 Å². The van der Waals surface area contributed by atoms with E-state index in [1.165, 1.54) is 12.8 Å². The minimum absolute atomic E-state index is 0.191. The SMILES string of the molecule is CCN(C(=O)CN(C)C(C)C1CC1)c1ccccc1C. The van der Waals surface area contributed by atoms with Gasteiger partial charge in [-0.25, -0.2) is 0 Å². The highest BCUT2D eigenvalue weighted by Crippen LogP contribution is 2.34. The molecule has 1 aliphatic rings. The van der Waals surface area contributed by atoms with Crippen LogP contribution in [0, 0.1) is 12.8 Å². The van der Waals surface area contributed by atoms with Crippen molar-refractivity contribution in [3.05, 3.63) is 29.8 Å². The number of hydrogen-bond acceptors (Lipinski definition) is 2. The van der Waals surface area contributed by atoms with Gasteiger partial charge in [0.25, 0.3) is 0 Å². The van der Waals surface area contributed by atoms with Crippen LogP contribution >= 0.6 is 0 Å². The number of para-hydroxylation sites is 1. The predicted octanol–water partition coefficient (Wildman–Crippen LogP) is 3.08. The Hall–Kier alpha value is -1.35. The molecule has 1 aliphatic carbocycles. The van der Waals surface area contributed by atoms with Gasteiger partial charge in [-0.05, 0) is 58.2 Å². The van der Waals surface area contributed by atoms with E-state index in [-0.39, 0.29) is 5.91 Å². The number of aryl methyl sites for hydroxylation is 1. The molecule has 1 unspecified atom stereocenters. The molecule has 3 nitrogen and oxygen atoms in total. The maximum Gasteiger partial charge on any atom is 0.241 e. The van der Waals surface area contributed by atoms with Crippen LogP contribution in [-0.4, -0.2) is 37.0 Å². The molecule has 3 heteroatoms. The first-order valence-corrected chi connectivity index (χ1v) is 7.60. The fraction of sp³-hybridized carbons (Fsp3) is 0.588. The lowest BCUT2D eigenvalue weighted by Crippen LogP contribution is -2.42. The lowest BCUT2D eigenvalue weighted by atomic mass is 10.1. The molecule has 1 aromatic rings. The first kappa shape index (κ1) is 15.0. The number of amides is 1. The minimum atomic E-state index is 0.191. The molecule has 0 N–H and O–H groups in total. The van der Waals surface area contributed by atoms with Crippen LogP contribution in [0.2, 0.25) is 0 Å². The highest BCUT2D eigenvalue weighted by molar-refractivity contribution is 5.95. The average molecular weight is 274 g/mol. The number of carbonyl (C=O) groups excluding carboxylic acids is 1. The highest BCUT2D eigenvalue weighted by Gasteiger charge is 2.31. The number of anilines is 1. The van der Waals surface area contributed by atoms with Gasteiger partial charge in [-0.1, -0.05) is 18.2 Å². The van der Waals surface area contributed by atoms with Crippen molar-refractivity contribution < 1.29 is 4.79 Å². The number of hydrogen-bond donors (Lipinski definition) is 0. The summed E-state index contributed by atoms with van der Waals surface area (Å²) in [7, 11) is 2.06. The molecule has 0 aromatic heterocycles. The third-order valence-corrected chi connectivity index (χ3v) is 4.41. The third-order valence-electron chi connectivity index (χ3n) is 4.41. The topological polar surface area (TPSA) is 23.6 Å². The van der Waals surface area contributed by atoms with Gasteiger partial charge in [-0.15, -0.1) is 0 Å². The van der Waals surface area contributed by atoms with Gasteiger partial charge in [-0.2, -0.15) is 0 Å². The largest absolute Gasteiger partial charge is 0.311 e. The van der Waals surface area contributed by atoms with Crippen molar-refractivity contribution >= 4 is 11.6 Å². The van der Waals surface area contributed by atoms with Crippen molar-refractivity contribution in [1.29, 1.82) is 0 Å². The minimum Gasteiger partial charge on any atom is -0.311 e. The molecule has 0 saturated heterocycles. The number of rotatable bonds is 6. The van der Waals surface area contributed by atoms with Gasteiger partial charge in [0.15, 0.2) is 0 Å². The predicted molar refractivity (Wildman–Crippen MR) is 84.0 cm³/mol. The Morgan fingerprint density at radius 2 is 2.00 bits per heavy atom. The van der Waals surface area contributed by atoms with E-state index in [0.717, 1.165) is 23.7 Å². The quantitative estimate of drug-likeness (QED) is 0.796. The van der Waals surface area contributed by atoms with E-state index in [0.29, 0.717) is 12.6 Å². The molecule has 1 amide bonds. The van der Waals surface area contributed by atoms with Gasteiger partial charge in [0.2, 0.25) is 5.91 Å². The number of benzene rings is 1. The van der Waals surface area contributed by atoms with Gasteiger partial charge in [0.05, 0.1) is 6.54 Å². The highest BCUT2D eigenvalue weighted by atomic mass is 16.2. The van der Waals surface area contributed by atoms with E-state index < -0.39 is 0 Å². The van der Waals surface area contributed by atoms with Crippen molar-refractivity contribution in [1.82, 2.24) is 4.90 Å². The summed E-state index contributed by atoms with van der Waals surface area (Å²) in [5, 5.41) is 0. The van der Waals surface area contributed by atoms with Gasteiger partial charge in [0, 0.05) is 18.3 Å². The first-order chi connectivity index (χ1) is 9.54. The summed E-state index contributed by atoms with van der Waals surface area (Å²) >= 11 is 0. The van der Waals surface area contributed by atoms with Crippen molar-refractivity contribution in [2.24, 2.45) is 5.92 Å². The monoisotopic (exact) mass is 274 g/mol. The average Bonchev–Trinajstić information content (AvgIpc) is 3.25. The Balaban J connectivity index is 2.03. The Kier molecular flexibility index (Phi) is 4.81. The first-order valence-electron chi connectivity index (χ1n) is 7.60. The van der Waals surface area contributed by atoms with E-state index in [2.05, 4.69) is 31.9 Å². The van der Waals surface area contributed by atoms with Gasteiger partial charge in [0.1, 0.15) is 0 Å². The summed E-state index contributed by atoms with van der Waals surface area (Å²) in [5.74, 6) is 0.984.